The summed E-state index contributed by atoms with van der Waals surface area (Å²) in [5, 5.41) is 7.65. The van der Waals surface area contributed by atoms with Gasteiger partial charge in [0.15, 0.2) is 0 Å². The summed E-state index contributed by atoms with van der Waals surface area (Å²) in [5.74, 6) is -1.16. The fraction of sp³-hybridized carbons (Fsp3) is 0.684. The minimum Gasteiger partial charge on any atom is -0.379 e. The average molecular weight is 411 g/mol. The predicted molar refractivity (Wildman–Crippen MR) is 107 cm³/mol. The number of hydrogen-bond acceptors (Lipinski definition) is 7. The molecule has 2 aliphatic rings. The van der Waals surface area contributed by atoms with Gasteiger partial charge in [0.2, 0.25) is 0 Å². The van der Waals surface area contributed by atoms with Crippen LogP contribution in [0.1, 0.15) is 17.8 Å². The Morgan fingerprint density at radius 1 is 1.11 bits per heavy atom. The Kier molecular flexibility index (Phi) is 8.23. The molecule has 0 radical (unpaired) electrons. The molecule has 3 heterocycles. The lowest BCUT2D eigenvalue weighted by atomic mass is 10.1. The van der Waals surface area contributed by atoms with Crippen LogP contribution in [0.15, 0.2) is 17.5 Å². The summed E-state index contributed by atoms with van der Waals surface area (Å²) in [6.45, 7) is 9.30. The van der Waals surface area contributed by atoms with Crippen molar-refractivity contribution in [1.82, 2.24) is 20.4 Å². The van der Waals surface area contributed by atoms with E-state index in [-0.39, 0.29) is 12.1 Å². The Morgan fingerprint density at radius 3 is 2.43 bits per heavy atom. The summed E-state index contributed by atoms with van der Waals surface area (Å²) < 4.78 is 10.8. The first-order valence-electron chi connectivity index (χ1n) is 9.89. The molecule has 2 aliphatic heterocycles. The minimum absolute atomic E-state index is 0.0361. The summed E-state index contributed by atoms with van der Waals surface area (Å²) in [5.41, 5.74) is 0. The maximum Gasteiger partial charge on any atom is 0.309 e. The Balaban J connectivity index is 1.49. The summed E-state index contributed by atoms with van der Waals surface area (Å²) >= 11 is 1.67. The van der Waals surface area contributed by atoms with Crippen LogP contribution in [0.5, 0.6) is 0 Å². The number of hydrogen-bond donors (Lipinski definition) is 2. The van der Waals surface area contributed by atoms with Crippen molar-refractivity contribution in [3.63, 3.8) is 0 Å². The zero-order valence-electron chi connectivity index (χ0n) is 16.4. The average Bonchev–Trinajstić information content (AvgIpc) is 3.24. The molecule has 1 aromatic heterocycles. The van der Waals surface area contributed by atoms with Crippen LogP contribution < -0.4 is 10.6 Å². The van der Waals surface area contributed by atoms with E-state index in [0.717, 1.165) is 45.9 Å². The molecule has 3 rings (SSSR count). The maximum absolute atomic E-state index is 12.4. The van der Waals surface area contributed by atoms with Crippen LogP contribution in [0.25, 0.3) is 0 Å². The van der Waals surface area contributed by atoms with Crippen molar-refractivity contribution in [3.8, 4) is 0 Å². The minimum atomic E-state index is -0.579. The van der Waals surface area contributed by atoms with Gasteiger partial charge in [-0.3, -0.25) is 19.4 Å². The standard InChI is InChI=1S/C19H30N4O4S/c1-15(17(16-3-2-14-28-16)23-8-12-27-13-9-23)21-19(25)18(24)20-4-5-22-6-10-26-11-7-22/h2-3,14-15,17H,4-13H2,1H3,(H,20,24)(H,21,25)/t15-,17-/m1/s1. The van der Waals surface area contributed by atoms with Gasteiger partial charge in [-0.1, -0.05) is 6.07 Å². The molecule has 0 saturated carbocycles. The molecular formula is C19H30N4O4S. The van der Waals surface area contributed by atoms with E-state index in [4.69, 9.17) is 9.47 Å². The molecule has 0 unspecified atom stereocenters. The highest BCUT2D eigenvalue weighted by atomic mass is 32.1. The third-order valence-electron chi connectivity index (χ3n) is 5.13. The van der Waals surface area contributed by atoms with Crippen molar-refractivity contribution >= 4 is 23.2 Å². The van der Waals surface area contributed by atoms with E-state index in [1.54, 1.807) is 11.3 Å². The van der Waals surface area contributed by atoms with Crippen LogP contribution >= 0.6 is 11.3 Å². The second kappa shape index (κ2) is 10.9. The monoisotopic (exact) mass is 410 g/mol. The Morgan fingerprint density at radius 2 is 1.79 bits per heavy atom. The number of ether oxygens (including phenoxy) is 2. The van der Waals surface area contributed by atoms with E-state index < -0.39 is 11.8 Å². The van der Waals surface area contributed by atoms with Gasteiger partial charge in [-0.15, -0.1) is 11.3 Å². The number of thiophene rings is 1. The van der Waals surface area contributed by atoms with Gasteiger partial charge >= 0.3 is 11.8 Å². The second-order valence-corrected chi connectivity index (χ2v) is 8.06. The molecule has 1 aromatic rings. The molecule has 2 fully saturated rings. The third-order valence-corrected chi connectivity index (χ3v) is 6.07. The number of nitrogens with zero attached hydrogens (tertiary/aromatic N) is 2. The van der Waals surface area contributed by atoms with Gasteiger partial charge in [0, 0.05) is 50.2 Å². The highest BCUT2D eigenvalue weighted by Gasteiger charge is 2.30. The van der Waals surface area contributed by atoms with Crippen molar-refractivity contribution in [2.45, 2.75) is 19.0 Å². The van der Waals surface area contributed by atoms with E-state index in [1.807, 2.05) is 18.4 Å². The van der Waals surface area contributed by atoms with E-state index in [9.17, 15) is 9.59 Å². The summed E-state index contributed by atoms with van der Waals surface area (Å²) in [6, 6.07) is 3.94. The number of carbonyl (C=O) groups is 2. The lowest BCUT2D eigenvalue weighted by molar-refractivity contribution is -0.140. The molecule has 0 bridgehead atoms. The zero-order valence-corrected chi connectivity index (χ0v) is 17.2. The lowest BCUT2D eigenvalue weighted by Gasteiger charge is -2.37. The molecule has 0 spiro atoms. The lowest BCUT2D eigenvalue weighted by Crippen LogP contribution is -2.51. The van der Waals surface area contributed by atoms with Crippen LogP contribution in [-0.2, 0) is 19.1 Å². The SMILES string of the molecule is C[C@@H](NC(=O)C(=O)NCCN1CCOCC1)[C@H](c1cccs1)N1CCOCC1. The summed E-state index contributed by atoms with van der Waals surface area (Å²) in [7, 11) is 0. The smallest absolute Gasteiger partial charge is 0.309 e. The number of morpholine rings is 2. The fourth-order valence-electron chi connectivity index (χ4n) is 3.64. The molecule has 28 heavy (non-hydrogen) atoms. The quantitative estimate of drug-likeness (QED) is 0.620. The van der Waals surface area contributed by atoms with Crippen molar-refractivity contribution in [2.75, 3.05) is 65.7 Å². The van der Waals surface area contributed by atoms with Gasteiger partial charge in [-0.2, -0.15) is 0 Å². The van der Waals surface area contributed by atoms with E-state index in [0.29, 0.717) is 19.8 Å². The first kappa shape index (κ1) is 21.2. The van der Waals surface area contributed by atoms with Gasteiger partial charge in [0.05, 0.1) is 32.5 Å². The van der Waals surface area contributed by atoms with Crippen molar-refractivity contribution < 1.29 is 19.1 Å². The van der Waals surface area contributed by atoms with Crippen LogP contribution in [0.3, 0.4) is 0 Å². The number of rotatable bonds is 7. The van der Waals surface area contributed by atoms with Crippen LogP contribution in [0.2, 0.25) is 0 Å². The molecule has 156 valence electrons. The largest absolute Gasteiger partial charge is 0.379 e. The normalized spacial score (nSPS) is 21.0. The van der Waals surface area contributed by atoms with E-state index >= 15 is 0 Å². The van der Waals surface area contributed by atoms with Crippen LogP contribution in [0, 0.1) is 0 Å². The van der Waals surface area contributed by atoms with E-state index in [1.165, 1.54) is 4.88 Å². The van der Waals surface area contributed by atoms with Crippen molar-refractivity contribution in [1.29, 1.82) is 0 Å². The van der Waals surface area contributed by atoms with Gasteiger partial charge in [-0.05, 0) is 18.4 Å². The topological polar surface area (TPSA) is 83.1 Å². The molecule has 0 aromatic carbocycles. The Labute approximate surface area is 170 Å². The van der Waals surface area contributed by atoms with Crippen molar-refractivity contribution in [2.24, 2.45) is 0 Å². The molecule has 2 amide bonds. The van der Waals surface area contributed by atoms with Gasteiger partial charge in [0.25, 0.3) is 0 Å². The second-order valence-electron chi connectivity index (χ2n) is 7.08. The van der Waals surface area contributed by atoms with E-state index in [2.05, 4.69) is 26.5 Å². The first-order chi connectivity index (χ1) is 13.6. The molecule has 2 atom stereocenters. The number of amides is 2. The highest BCUT2D eigenvalue weighted by molar-refractivity contribution is 7.10. The van der Waals surface area contributed by atoms with Gasteiger partial charge in [0.1, 0.15) is 0 Å². The van der Waals surface area contributed by atoms with Gasteiger partial charge < -0.3 is 20.1 Å². The number of nitrogens with one attached hydrogen (secondary N) is 2. The van der Waals surface area contributed by atoms with Crippen LogP contribution in [0.4, 0.5) is 0 Å². The Bertz CT molecular complexity index is 615. The summed E-state index contributed by atoms with van der Waals surface area (Å²) in [6.07, 6.45) is 0. The molecule has 0 aliphatic carbocycles. The summed E-state index contributed by atoms with van der Waals surface area (Å²) in [4.78, 5) is 30.3. The molecule has 9 heteroatoms. The Hall–Kier alpha value is -1.52. The maximum atomic E-state index is 12.4. The fourth-order valence-corrected chi connectivity index (χ4v) is 4.61. The van der Waals surface area contributed by atoms with Gasteiger partial charge in [-0.25, -0.2) is 0 Å². The van der Waals surface area contributed by atoms with Crippen molar-refractivity contribution in [3.05, 3.63) is 22.4 Å². The molecular weight excluding hydrogens is 380 g/mol. The third kappa shape index (κ3) is 5.99. The zero-order chi connectivity index (χ0) is 19.8. The number of carbonyl (C=O) groups excluding carboxylic acids is 2. The molecule has 2 saturated heterocycles. The highest BCUT2D eigenvalue weighted by Crippen LogP contribution is 2.29. The predicted octanol–water partition coefficient (Wildman–Crippen LogP) is 0.0745. The first-order valence-corrected chi connectivity index (χ1v) is 10.8. The molecule has 2 N–H and O–H groups in total. The molecule has 8 nitrogen and oxygen atoms in total. The van der Waals surface area contributed by atoms with Crippen LogP contribution in [-0.4, -0.2) is 93.4 Å².